The fourth-order valence-electron chi connectivity index (χ4n) is 2.96. The van der Waals surface area contributed by atoms with E-state index in [0.29, 0.717) is 6.04 Å². The van der Waals surface area contributed by atoms with E-state index in [9.17, 15) is 4.79 Å². The van der Waals surface area contributed by atoms with Crippen LogP contribution in [0.4, 0.5) is 0 Å². The number of hydrogen-bond donors (Lipinski definition) is 1. The van der Waals surface area contributed by atoms with Gasteiger partial charge in [0.05, 0.1) is 16.3 Å². The van der Waals surface area contributed by atoms with Crippen molar-refractivity contribution in [3.05, 3.63) is 45.9 Å². The second kappa shape index (κ2) is 8.14. The quantitative estimate of drug-likeness (QED) is 0.827. The fraction of sp³-hybridized carbons (Fsp3) is 0.444. The van der Waals surface area contributed by atoms with Crippen molar-refractivity contribution in [3.8, 4) is 0 Å². The van der Waals surface area contributed by atoms with Crippen LogP contribution in [0.1, 0.15) is 33.9 Å². The van der Waals surface area contributed by atoms with Crippen LogP contribution < -0.4 is 5.32 Å². The SMILES string of the molecule is CNC1CCCN(C(=O)c2ccccc2SCc2csc(C)n2)C1. The Bertz CT molecular complexity index is 701. The number of carbonyl (C=O) groups excluding carboxylic acids is 1. The molecule has 0 bridgehead atoms. The van der Waals surface area contributed by atoms with E-state index in [1.54, 1.807) is 23.1 Å². The van der Waals surface area contributed by atoms with Gasteiger partial charge in [-0.15, -0.1) is 23.1 Å². The van der Waals surface area contributed by atoms with Gasteiger partial charge in [-0.25, -0.2) is 4.98 Å². The molecular weight excluding hydrogens is 338 g/mol. The first kappa shape index (κ1) is 17.5. The smallest absolute Gasteiger partial charge is 0.255 e. The molecule has 3 rings (SSSR count). The number of hydrogen-bond acceptors (Lipinski definition) is 5. The monoisotopic (exact) mass is 361 g/mol. The largest absolute Gasteiger partial charge is 0.337 e. The van der Waals surface area contributed by atoms with Crippen LogP contribution in [0, 0.1) is 6.92 Å². The van der Waals surface area contributed by atoms with Crippen molar-refractivity contribution < 1.29 is 4.79 Å². The molecule has 1 N–H and O–H groups in total. The molecule has 1 fully saturated rings. The molecule has 1 aliphatic heterocycles. The molecule has 2 aromatic rings. The Morgan fingerprint density at radius 2 is 2.29 bits per heavy atom. The Balaban J connectivity index is 1.72. The summed E-state index contributed by atoms with van der Waals surface area (Å²) in [5, 5.41) is 6.47. The predicted molar refractivity (Wildman–Crippen MR) is 101 cm³/mol. The number of aryl methyl sites for hydroxylation is 1. The minimum Gasteiger partial charge on any atom is -0.337 e. The van der Waals surface area contributed by atoms with Gasteiger partial charge in [-0.2, -0.15) is 0 Å². The van der Waals surface area contributed by atoms with Crippen LogP contribution in [0.5, 0.6) is 0 Å². The van der Waals surface area contributed by atoms with Crippen LogP contribution in [0.25, 0.3) is 0 Å². The summed E-state index contributed by atoms with van der Waals surface area (Å²) < 4.78 is 0. The molecule has 2 heterocycles. The Hall–Kier alpha value is -1.37. The van der Waals surface area contributed by atoms with Crippen molar-refractivity contribution in [1.82, 2.24) is 15.2 Å². The zero-order chi connectivity index (χ0) is 16.9. The number of likely N-dealkylation sites (tertiary alicyclic amines) is 1. The maximum absolute atomic E-state index is 13.0. The summed E-state index contributed by atoms with van der Waals surface area (Å²) in [5.41, 5.74) is 1.89. The standard InChI is InChI=1S/C18H23N3OS2/c1-13-20-15(11-23-13)12-24-17-8-4-3-7-16(17)18(22)21-9-5-6-14(10-21)19-2/h3-4,7-8,11,14,19H,5-6,9-10,12H2,1-2H3. The minimum absolute atomic E-state index is 0.146. The molecule has 1 aliphatic rings. The van der Waals surface area contributed by atoms with Crippen molar-refractivity contribution in [2.45, 2.75) is 36.5 Å². The number of rotatable bonds is 5. The zero-order valence-electron chi connectivity index (χ0n) is 14.1. The number of piperidine rings is 1. The minimum atomic E-state index is 0.146. The first-order chi connectivity index (χ1) is 11.7. The van der Waals surface area contributed by atoms with E-state index < -0.39 is 0 Å². The molecular formula is C18H23N3OS2. The van der Waals surface area contributed by atoms with E-state index in [2.05, 4.69) is 15.7 Å². The lowest BCUT2D eigenvalue weighted by Gasteiger charge is -2.33. The number of aromatic nitrogens is 1. The first-order valence-electron chi connectivity index (χ1n) is 8.26. The third kappa shape index (κ3) is 4.18. The second-order valence-electron chi connectivity index (χ2n) is 6.02. The van der Waals surface area contributed by atoms with Crippen molar-refractivity contribution in [2.75, 3.05) is 20.1 Å². The Labute approximate surface area is 151 Å². The van der Waals surface area contributed by atoms with Crippen molar-refractivity contribution in [3.63, 3.8) is 0 Å². The van der Waals surface area contributed by atoms with E-state index in [-0.39, 0.29) is 5.91 Å². The fourth-order valence-corrected chi connectivity index (χ4v) is 4.62. The first-order valence-corrected chi connectivity index (χ1v) is 10.1. The number of nitrogens with zero attached hydrogens (tertiary/aromatic N) is 2. The van der Waals surface area contributed by atoms with Crippen LogP contribution in [0.3, 0.4) is 0 Å². The summed E-state index contributed by atoms with van der Waals surface area (Å²) >= 11 is 3.36. The summed E-state index contributed by atoms with van der Waals surface area (Å²) in [6.07, 6.45) is 2.20. The maximum Gasteiger partial charge on any atom is 0.255 e. The molecule has 4 nitrogen and oxygen atoms in total. The maximum atomic E-state index is 13.0. The number of benzene rings is 1. The van der Waals surface area contributed by atoms with Gasteiger partial charge in [-0.3, -0.25) is 4.79 Å². The van der Waals surface area contributed by atoms with Gasteiger partial charge in [0.25, 0.3) is 5.91 Å². The van der Waals surface area contributed by atoms with Gasteiger partial charge in [-0.1, -0.05) is 12.1 Å². The highest BCUT2D eigenvalue weighted by Crippen LogP contribution is 2.28. The summed E-state index contributed by atoms with van der Waals surface area (Å²) in [7, 11) is 1.97. The molecule has 1 atom stereocenters. The average molecular weight is 362 g/mol. The molecule has 1 amide bonds. The molecule has 1 aromatic heterocycles. The second-order valence-corrected chi connectivity index (χ2v) is 8.10. The van der Waals surface area contributed by atoms with Gasteiger partial charge in [0.15, 0.2) is 0 Å². The number of thiazole rings is 1. The number of amides is 1. The topological polar surface area (TPSA) is 45.2 Å². The van der Waals surface area contributed by atoms with Gasteiger partial charge in [-0.05, 0) is 38.9 Å². The molecule has 0 aliphatic carbocycles. The van der Waals surface area contributed by atoms with Gasteiger partial charge in [0.1, 0.15) is 0 Å². The highest BCUT2D eigenvalue weighted by molar-refractivity contribution is 7.98. The molecule has 0 saturated carbocycles. The molecule has 0 radical (unpaired) electrons. The Morgan fingerprint density at radius 3 is 3.04 bits per heavy atom. The van der Waals surface area contributed by atoms with Gasteiger partial charge in [0.2, 0.25) is 0 Å². The molecule has 6 heteroatoms. The average Bonchev–Trinajstić information content (AvgIpc) is 3.05. The molecule has 24 heavy (non-hydrogen) atoms. The van der Waals surface area contributed by atoms with Gasteiger partial charge in [0, 0.05) is 35.2 Å². The lowest BCUT2D eigenvalue weighted by molar-refractivity contribution is 0.0694. The number of nitrogens with one attached hydrogen (secondary N) is 1. The lowest BCUT2D eigenvalue weighted by Crippen LogP contribution is -2.47. The van der Waals surface area contributed by atoms with E-state index in [1.807, 2.05) is 43.1 Å². The van der Waals surface area contributed by atoms with Crippen LogP contribution >= 0.6 is 23.1 Å². The molecule has 1 saturated heterocycles. The van der Waals surface area contributed by atoms with Crippen LogP contribution in [0.2, 0.25) is 0 Å². The summed E-state index contributed by atoms with van der Waals surface area (Å²) in [5.74, 6) is 0.945. The van der Waals surface area contributed by atoms with Crippen molar-refractivity contribution in [1.29, 1.82) is 0 Å². The van der Waals surface area contributed by atoms with Gasteiger partial charge >= 0.3 is 0 Å². The predicted octanol–water partition coefficient (Wildman–Crippen LogP) is 3.57. The van der Waals surface area contributed by atoms with Crippen LogP contribution in [-0.4, -0.2) is 42.0 Å². The summed E-state index contributed by atoms with van der Waals surface area (Å²) in [6, 6.07) is 8.33. The number of likely N-dealkylation sites (N-methyl/N-ethyl adjacent to an activating group) is 1. The van der Waals surface area contributed by atoms with E-state index in [1.165, 1.54) is 0 Å². The third-order valence-electron chi connectivity index (χ3n) is 4.28. The van der Waals surface area contributed by atoms with Crippen LogP contribution in [0.15, 0.2) is 34.5 Å². The normalized spacial score (nSPS) is 17.9. The summed E-state index contributed by atoms with van der Waals surface area (Å²) in [4.78, 5) is 20.5. The third-order valence-corrected chi connectivity index (χ3v) is 6.21. The highest BCUT2D eigenvalue weighted by atomic mass is 32.2. The van der Waals surface area contributed by atoms with Crippen molar-refractivity contribution in [2.24, 2.45) is 0 Å². The molecule has 0 spiro atoms. The molecule has 128 valence electrons. The molecule has 1 unspecified atom stereocenters. The van der Waals surface area contributed by atoms with E-state index in [0.717, 1.165) is 52.8 Å². The van der Waals surface area contributed by atoms with E-state index >= 15 is 0 Å². The highest BCUT2D eigenvalue weighted by Gasteiger charge is 2.25. The number of thioether (sulfide) groups is 1. The number of carbonyl (C=O) groups is 1. The van der Waals surface area contributed by atoms with E-state index in [4.69, 9.17) is 0 Å². The molecule has 1 aromatic carbocycles. The Kier molecular flexibility index (Phi) is 5.92. The van der Waals surface area contributed by atoms with Gasteiger partial charge < -0.3 is 10.2 Å². The zero-order valence-corrected chi connectivity index (χ0v) is 15.8. The van der Waals surface area contributed by atoms with Crippen LogP contribution in [-0.2, 0) is 5.75 Å². The summed E-state index contributed by atoms with van der Waals surface area (Å²) in [6.45, 7) is 3.66. The van der Waals surface area contributed by atoms with Crippen molar-refractivity contribution >= 4 is 29.0 Å². The Morgan fingerprint density at radius 1 is 1.46 bits per heavy atom. The lowest BCUT2D eigenvalue weighted by atomic mass is 10.0.